The maximum Gasteiger partial charge on any atom is 0.0317 e. The van der Waals surface area contributed by atoms with Crippen LogP contribution in [0.5, 0.6) is 0 Å². The first-order valence-electron chi connectivity index (χ1n) is 3.41. The van der Waals surface area contributed by atoms with E-state index in [4.69, 9.17) is 5.73 Å². The third kappa shape index (κ3) is 0.711. The summed E-state index contributed by atoms with van der Waals surface area (Å²) >= 11 is 0. The van der Waals surface area contributed by atoms with Gasteiger partial charge in [-0.15, -0.1) is 0 Å². The van der Waals surface area contributed by atoms with Gasteiger partial charge in [0, 0.05) is 5.69 Å². The van der Waals surface area contributed by atoms with Crippen LogP contribution >= 0.6 is 0 Å². The second kappa shape index (κ2) is 1.87. The smallest absolute Gasteiger partial charge is 0.0317 e. The fraction of sp³-hybridized carbons (Fsp3) is 0.111. The van der Waals surface area contributed by atoms with Crippen molar-refractivity contribution in [3.63, 3.8) is 0 Å². The van der Waals surface area contributed by atoms with Crippen molar-refractivity contribution in [2.75, 3.05) is 5.73 Å². The van der Waals surface area contributed by atoms with Gasteiger partial charge in [0.2, 0.25) is 0 Å². The van der Waals surface area contributed by atoms with Crippen molar-refractivity contribution < 1.29 is 0 Å². The van der Waals surface area contributed by atoms with E-state index < -0.39 is 0 Å². The lowest BCUT2D eigenvalue weighted by Crippen LogP contribution is -1.87. The summed E-state index contributed by atoms with van der Waals surface area (Å²) in [4.78, 5) is 0. The molecule has 0 saturated heterocycles. The molecule has 0 bridgehead atoms. The molecule has 1 nitrogen and oxygen atoms in total. The number of anilines is 1. The third-order valence-corrected chi connectivity index (χ3v) is 1.80. The second-order valence-electron chi connectivity index (χ2n) is 2.56. The van der Waals surface area contributed by atoms with E-state index in [0.717, 1.165) is 12.1 Å². The summed E-state index contributed by atoms with van der Waals surface area (Å²) in [5.41, 5.74) is 9.13. The quantitative estimate of drug-likeness (QED) is 0.534. The van der Waals surface area contributed by atoms with Crippen molar-refractivity contribution >= 4 is 11.8 Å². The van der Waals surface area contributed by atoms with Crippen molar-refractivity contribution in [1.82, 2.24) is 0 Å². The van der Waals surface area contributed by atoms with Crippen molar-refractivity contribution in [1.29, 1.82) is 0 Å². The highest BCUT2D eigenvalue weighted by Crippen LogP contribution is 2.20. The fourth-order valence-electron chi connectivity index (χ4n) is 1.28. The number of hydrogen-bond acceptors (Lipinski definition) is 1. The molecule has 0 heterocycles. The molecule has 0 unspecified atom stereocenters. The van der Waals surface area contributed by atoms with Gasteiger partial charge in [-0.05, 0) is 29.7 Å². The van der Waals surface area contributed by atoms with Crippen LogP contribution in [0.25, 0.3) is 6.08 Å². The Labute approximate surface area is 60.2 Å². The molecular weight excluding hydrogens is 122 g/mol. The van der Waals surface area contributed by atoms with Gasteiger partial charge >= 0.3 is 0 Å². The summed E-state index contributed by atoms with van der Waals surface area (Å²) in [5, 5.41) is 0. The average Bonchev–Trinajstić information content (AvgIpc) is 2.33. The minimum Gasteiger partial charge on any atom is -0.399 e. The zero-order valence-corrected chi connectivity index (χ0v) is 5.67. The predicted octanol–water partition coefficient (Wildman–Crippen LogP) is 1.84. The number of nitrogens with two attached hydrogens (primary N) is 1. The van der Waals surface area contributed by atoms with E-state index in [9.17, 15) is 0 Å². The van der Waals surface area contributed by atoms with E-state index in [0.29, 0.717) is 0 Å². The van der Waals surface area contributed by atoms with Gasteiger partial charge in [-0.3, -0.25) is 0 Å². The fourth-order valence-corrected chi connectivity index (χ4v) is 1.28. The summed E-state index contributed by atoms with van der Waals surface area (Å²) < 4.78 is 0. The highest BCUT2D eigenvalue weighted by atomic mass is 14.5. The number of hydrogen-bond donors (Lipinski definition) is 1. The first-order valence-corrected chi connectivity index (χ1v) is 3.41. The normalized spacial score (nSPS) is 13.6. The Bertz CT molecular complexity index is 287. The number of rotatable bonds is 0. The van der Waals surface area contributed by atoms with E-state index in [2.05, 4.69) is 18.2 Å². The molecule has 0 spiro atoms. The molecule has 2 N–H and O–H groups in total. The van der Waals surface area contributed by atoms with Crippen molar-refractivity contribution in [3.05, 3.63) is 35.4 Å². The maximum atomic E-state index is 5.60. The molecule has 0 amide bonds. The Morgan fingerprint density at radius 2 is 2.20 bits per heavy atom. The number of allylic oxidation sites excluding steroid dienone is 1. The van der Waals surface area contributed by atoms with Gasteiger partial charge in [-0.2, -0.15) is 0 Å². The highest BCUT2D eigenvalue weighted by molar-refractivity contribution is 5.63. The van der Waals surface area contributed by atoms with Crippen LogP contribution in [0.1, 0.15) is 11.1 Å². The largest absolute Gasteiger partial charge is 0.399 e. The first kappa shape index (κ1) is 5.54. The highest BCUT2D eigenvalue weighted by Gasteiger charge is 2.02. The summed E-state index contributed by atoms with van der Waals surface area (Å²) in [6, 6.07) is 6.04. The lowest BCUT2D eigenvalue weighted by atomic mass is 10.1. The van der Waals surface area contributed by atoms with Gasteiger partial charge < -0.3 is 5.73 Å². The zero-order valence-electron chi connectivity index (χ0n) is 5.67. The van der Waals surface area contributed by atoms with E-state index >= 15 is 0 Å². The Kier molecular flexibility index (Phi) is 1.04. The van der Waals surface area contributed by atoms with Crippen LogP contribution in [0, 0.1) is 0 Å². The molecule has 50 valence electrons. The maximum absolute atomic E-state index is 5.60. The monoisotopic (exact) mass is 131 g/mol. The van der Waals surface area contributed by atoms with Crippen molar-refractivity contribution in [2.24, 2.45) is 0 Å². The molecule has 1 aliphatic carbocycles. The molecule has 0 atom stereocenters. The lowest BCUT2D eigenvalue weighted by Gasteiger charge is -1.98. The number of benzene rings is 1. The summed E-state index contributed by atoms with van der Waals surface area (Å²) in [6.45, 7) is 0. The average molecular weight is 131 g/mol. The van der Waals surface area contributed by atoms with E-state index in [1.165, 1.54) is 11.1 Å². The van der Waals surface area contributed by atoms with E-state index in [1.54, 1.807) is 0 Å². The molecule has 0 radical (unpaired) electrons. The van der Waals surface area contributed by atoms with Crippen LogP contribution < -0.4 is 5.73 Å². The second-order valence-corrected chi connectivity index (χ2v) is 2.56. The minimum atomic E-state index is 0.863. The van der Waals surface area contributed by atoms with Gasteiger partial charge in [0.15, 0.2) is 0 Å². The molecule has 1 aromatic rings. The molecule has 10 heavy (non-hydrogen) atoms. The molecule has 0 aliphatic heterocycles. The molecule has 1 aliphatic rings. The SMILES string of the molecule is Nc1ccc2c(c1)CC=C2. The van der Waals surface area contributed by atoms with Gasteiger partial charge in [-0.1, -0.05) is 18.2 Å². The Balaban J connectivity index is 2.59. The molecule has 1 heteroatoms. The molecule has 0 saturated carbocycles. The topological polar surface area (TPSA) is 26.0 Å². The van der Waals surface area contributed by atoms with Crippen LogP contribution in [-0.2, 0) is 6.42 Å². The summed E-state index contributed by atoms with van der Waals surface area (Å²) in [6.07, 6.45) is 5.33. The lowest BCUT2D eigenvalue weighted by molar-refractivity contribution is 1.31. The molecule has 1 aromatic carbocycles. The van der Waals surface area contributed by atoms with Gasteiger partial charge in [0.1, 0.15) is 0 Å². The zero-order chi connectivity index (χ0) is 6.97. The predicted molar refractivity (Wildman–Crippen MR) is 43.6 cm³/mol. The number of nitrogen functional groups attached to an aromatic ring is 1. The first-order chi connectivity index (χ1) is 4.86. The van der Waals surface area contributed by atoms with Gasteiger partial charge in [-0.25, -0.2) is 0 Å². The molecule has 0 aromatic heterocycles. The van der Waals surface area contributed by atoms with Crippen LogP contribution in [0.2, 0.25) is 0 Å². The Hall–Kier alpha value is -1.24. The van der Waals surface area contributed by atoms with Crippen molar-refractivity contribution in [2.45, 2.75) is 6.42 Å². The van der Waals surface area contributed by atoms with Crippen LogP contribution in [-0.4, -0.2) is 0 Å². The molecule has 0 fully saturated rings. The van der Waals surface area contributed by atoms with Crippen LogP contribution in [0.3, 0.4) is 0 Å². The van der Waals surface area contributed by atoms with E-state index in [-0.39, 0.29) is 0 Å². The molecular formula is C9H9N. The van der Waals surface area contributed by atoms with Crippen LogP contribution in [0.4, 0.5) is 5.69 Å². The van der Waals surface area contributed by atoms with Crippen molar-refractivity contribution in [3.8, 4) is 0 Å². The molecule has 2 rings (SSSR count). The Morgan fingerprint density at radius 3 is 3.10 bits per heavy atom. The summed E-state index contributed by atoms with van der Waals surface area (Å²) in [7, 11) is 0. The standard InChI is InChI=1S/C9H9N/c10-9-5-4-7-2-1-3-8(7)6-9/h1-2,4-6H,3,10H2. The summed E-state index contributed by atoms with van der Waals surface area (Å²) in [5.74, 6) is 0. The number of fused-ring (bicyclic) bond motifs is 1. The van der Waals surface area contributed by atoms with Gasteiger partial charge in [0.25, 0.3) is 0 Å². The van der Waals surface area contributed by atoms with E-state index in [1.807, 2.05) is 12.1 Å². The Morgan fingerprint density at radius 1 is 1.30 bits per heavy atom. The van der Waals surface area contributed by atoms with Crippen LogP contribution in [0.15, 0.2) is 24.3 Å². The third-order valence-electron chi connectivity index (χ3n) is 1.80. The van der Waals surface area contributed by atoms with Gasteiger partial charge in [0.05, 0.1) is 0 Å². The minimum absolute atomic E-state index is 0.863.